The Morgan fingerprint density at radius 1 is 1.20 bits per heavy atom. The Balaban J connectivity index is 2.10. The molecule has 0 aliphatic rings. The predicted octanol–water partition coefficient (Wildman–Crippen LogP) is 3.04. The van der Waals surface area contributed by atoms with Gasteiger partial charge in [-0.25, -0.2) is 0 Å². The molecule has 0 saturated carbocycles. The predicted molar refractivity (Wildman–Crippen MR) is 83.3 cm³/mol. The van der Waals surface area contributed by atoms with E-state index in [9.17, 15) is 4.79 Å². The van der Waals surface area contributed by atoms with Crippen LogP contribution in [-0.2, 0) is 9.53 Å². The summed E-state index contributed by atoms with van der Waals surface area (Å²) in [5, 5.41) is 2.81. The molecule has 20 heavy (non-hydrogen) atoms. The maximum Gasteiger partial charge on any atom is 0.243 e. The highest BCUT2D eigenvalue weighted by Gasteiger charge is 1.96. The monoisotopic (exact) mass is 273 g/mol. The first-order valence-corrected chi connectivity index (χ1v) is 6.92. The minimum Gasteiger partial charge on any atom is -0.373 e. The Morgan fingerprint density at radius 2 is 1.90 bits per heavy atom. The van der Waals surface area contributed by atoms with Crippen LogP contribution in [0.2, 0.25) is 0 Å². The van der Waals surface area contributed by atoms with E-state index >= 15 is 0 Å². The number of nitrogens with one attached hydrogen (secondary N) is 1. The van der Waals surface area contributed by atoms with Gasteiger partial charge in [0.1, 0.15) is 0 Å². The van der Waals surface area contributed by atoms with Gasteiger partial charge in [-0.2, -0.15) is 0 Å². The Morgan fingerprint density at radius 3 is 2.60 bits per heavy atom. The molecule has 1 N–H and O–H groups in total. The summed E-state index contributed by atoms with van der Waals surface area (Å²) in [7, 11) is 0. The summed E-state index contributed by atoms with van der Waals surface area (Å²) in [6.07, 6.45) is 7.22. The van der Waals surface area contributed by atoms with Crippen LogP contribution in [-0.4, -0.2) is 25.7 Å². The van der Waals surface area contributed by atoms with Gasteiger partial charge >= 0.3 is 0 Å². The van der Waals surface area contributed by atoms with E-state index in [0.29, 0.717) is 25.7 Å². The van der Waals surface area contributed by atoms with Gasteiger partial charge in [0.2, 0.25) is 5.91 Å². The summed E-state index contributed by atoms with van der Waals surface area (Å²) in [5.41, 5.74) is 1.15. The highest BCUT2D eigenvalue weighted by molar-refractivity contribution is 5.87. The van der Waals surface area contributed by atoms with E-state index in [1.165, 1.54) is 6.08 Å². The van der Waals surface area contributed by atoms with Crippen molar-refractivity contribution in [2.24, 2.45) is 5.92 Å². The minimum atomic E-state index is -0.0675. The molecule has 0 spiro atoms. The third-order valence-electron chi connectivity index (χ3n) is 2.49. The molecular formula is C17H23NO2. The van der Waals surface area contributed by atoms with E-state index in [1.807, 2.05) is 42.5 Å². The quantitative estimate of drug-likeness (QED) is 0.584. The van der Waals surface area contributed by atoms with Crippen LogP contribution in [0.3, 0.4) is 0 Å². The zero-order chi connectivity index (χ0) is 14.6. The third kappa shape index (κ3) is 8.27. The molecule has 3 heteroatoms. The molecule has 1 aromatic rings. The molecule has 0 aromatic heterocycles. The van der Waals surface area contributed by atoms with Crippen LogP contribution in [0.25, 0.3) is 6.08 Å². The van der Waals surface area contributed by atoms with Crippen molar-refractivity contribution < 1.29 is 9.53 Å². The summed E-state index contributed by atoms with van der Waals surface area (Å²) in [6.45, 7) is 5.79. The van der Waals surface area contributed by atoms with Crippen LogP contribution < -0.4 is 5.32 Å². The van der Waals surface area contributed by atoms with Gasteiger partial charge in [-0.1, -0.05) is 62.4 Å². The number of ether oxygens (including phenoxy) is 1. The SMILES string of the molecule is CC(C)CNC(=O)/C=C/COC/C=C\c1ccccc1. The summed E-state index contributed by atoms with van der Waals surface area (Å²) >= 11 is 0. The van der Waals surface area contributed by atoms with Gasteiger partial charge in [0.25, 0.3) is 0 Å². The Bertz CT molecular complexity index is 436. The standard InChI is InChI=1S/C17H23NO2/c1-15(2)14-18-17(19)11-7-13-20-12-6-10-16-8-4-3-5-9-16/h3-11,15H,12-14H2,1-2H3,(H,18,19)/b10-6-,11-7+. The first kappa shape index (κ1) is 16.2. The molecule has 3 nitrogen and oxygen atoms in total. The zero-order valence-corrected chi connectivity index (χ0v) is 12.2. The van der Waals surface area contributed by atoms with Crippen molar-refractivity contribution in [3.8, 4) is 0 Å². The lowest BCUT2D eigenvalue weighted by atomic mass is 10.2. The first-order chi connectivity index (χ1) is 9.68. The molecule has 0 atom stereocenters. The fraction of sp³-hybridized carbons (Fsp3) is 0.353. The number of amides is 1. The van der Waals surface area contributed by atoms with E-state index in [0.717, 1.165) is 5.56 Å². The number of rotatable bonds is 8. The molecule has 0 radical (unpaired) electrons. The number of hydrogen-bond donors (Lipinski definition) is 1. The second-order valence-electron chi connectivity index (χ2n) is 4.89. The number of carbonyl (C=O) groups is 1. The summed E-state index contributed by atoms with van der Waals surface area (Å²) in [4.78, 5) is 11.4. The van der Waals surface area contributed by atoms with E-state index in [-0.39, 0.29) is 5.91 Å². The maximum atomic E-state index is 11.4. The fourth-order valence-electron chi connectivity index (χ4n) is 1.47. The largest absolute Gasteiger partial charge is 0.373 e. The van der Waals surface area contributed by atoms with Gasteiger partial charge in [0.05, 0.1) is 13.2 Å². The van der Waals surface area contributed by atoms with Gasteiger partial charge in [-0.15, -0.1) is 0 Å². The molecule has 0 saturated heterocycles. The van der Waals surface area contributed by atoms with Crippen LogP contribution in [0.15, 0.2) is 48.6 Å². The van der Waals surface area contributed by atoms with Gasteiger partial charge < -0.3 is 10.1 Å². The lowest BCUT2D eigenvalue weighted by molar-refractivity contribution is -0.116. The molecule has 1 rings (SSSR count). The lowest BCUT2D eigenvalue weighted by Gasteiger charge is -2.04. The molecule has 0 bridgehead atoms. The topological polar surface area (TPSA) is 38.3 Å². The van der Waals surface area contributed by atoms with Crippen LogP contribution in [0.1, 0.15) is 19.4 Å². The average molecular weight is 273 g/mol. The molecule has 0 aliphatic heterocycles. The van der Waals surface area contributed by atoms with E-state index in [1.54, 1.807) is 6.08 Å². The molecule has 1 amide bonds. The van der Waals surface area contributed by atoms with Crippen molar-refractivity contribution in [1.29, 1.82) is 0 Å². The molecule has 0 fully saturated rings. The van der Waals surface area contributed by atoms with Crippen LogP contribution in [0, 0.1) is 5.92 Å². The summed E-state index contributed by atoms with van der Waals surface area (Å²) in [5.74, 6) is 0.397. The fourth-order valence-corrected chi connectivity index (χ4v) is 1.47. The van der Waals surface area contributed by atoms with E-state index in [4.69, 9.17) is 4.74 Å². The molecule has 108 valence electrons. The van der Waals surface area contributed by atoms with Crippen molar-refractivity contribution in [3.05, 3.63) is 54.1 Å². The van der Waals surface area contributed by atoms with E-state index in [2.05, 4.69) is 19.2 Å². The van der Waals surface area contributed by atoms with Crippen LogP contribution in [0.5, 0.6) is 0 Å². The highest BCUT2D eigenvalue weighted by atomic mass is 16.5. The number of carbonyl (C=O) groups excluding carboxylic acids is 1. The first-order valence-electron chi connectivity index (χ1n) is 6.92. The molecule has 0 aliphatic carbocycles. The van der Waals surface area contributed by atoms with Crippen molar-refractivity contribution in [2.45, 2.75) is 13.8 Å². The van der Waals surface area contributed by atoms with Crippen molar-refractivity contribution in [1.82, 2.24) is 5.32 Å². The van der Waals surface area contributed by atoms with Gasteiger partial charge in [0, 0.05) is 12.6 Å². The van der Waals surface area contributed by atoms with Crippen molar-refractivity contribution in [2.75, 3.05) is 19.8 Å². The summed E-state index contributed by atoms with van der Waals surface area (Å²) < 4.78 is 5.38. The van der Waals surface area contributed by atoms with Crippen molar-refractivity contribution >= 4 is 12.0 Å². The molecular weight excluding hydrogens is 250 g/mol. The zero-order valence-electron chi connectivity index (χ0n) is 12.2. The number of hydrogen-bond acceptors (Lipinski definition) is 2. The van der Waals surface area contributed by atoms with Gasteiger partial charge in [0.15, 0.2) is 0 Å². The molecule has 1 aromatic carbocycles. The Hall–Kier alpha value is -1.87. The molecule has 0 unspecified atom stereocenters. The maximum absolute atomic E-state index is 11.4. The summed E-state index contributed by atoms with van der Waals surface area (Å²) in [6, 6.07) is 10.1. The van der Waals surface area contributed by atoms with E-state index < -0.39 is 0 Å². The highest BCUT2D eigenvalue weighted by Crippen LogP contribution is 2.00. The Labute approximate surface area is 121 Å². The van der Waals surface area contributed by atoms with Crippen LogP contribution in [0.4, 0.5) is 0 Å². The smallest absolute Gasteiger partial charge is 0.243 e. The third-order valence-corrected chi connectivity index (χ3v) is 2.49. The van der Waals surface area contributed by atoms with Gasteiger partial charge in [-0.3, -0.25) is 4.79 Å². The van der Waals surface area contributed by atoms with Crippen LogP contribution >= 0.6 is 0 Å². The second kappa shape index (κ2) is 9.98. The average Bonchev–Trinajstić information content (AvgIpc) is 2.45. The Kier molecular flexibility index (Phi) is 8.08. The second-order valence-corrected chi connectivity index (χ2v) is 4.89. The van der Waals surface area contributed by atoms with Gasteiger partial charge in [-0.05, 0) is 11.5 Å². The molecule has 0 heterocycles. The minimum absolute atomic E-state index is 0.0675. The van der Waals surface area contributed by atoms with Crippen molar-refractivity contribution in [3.63, 3.8) is 0 Å². The number of benzene rings is 1. The normalized spacial score (nSPS) is 11.6. The lowest BCUT2D eigenvalue weighted by Crippen LogP contribution is -2.25.